The van der Waals surface area contributed by atoms with Gasteiger partial charge in [-0.25, -0.2) is 26.7 Å². The average Bonchev–Trinajstić information content (AvgIpc) is 3.00. The molecule has 3 N–H and O–H groups in total. The number of hydrogen-bond donors (Lipinski definition) is 4. The first-order valence-electron chi connectivity index (χ1n) is 12.8. The SMILES string of the molecule is CCNCC(=O)N(Cc1ccc(C2CCOCC2)nc1)c1ccc(C(=O)O)c(O)c1.Fc1c(F)c(F)c(S)c(F)c1F. The van der Waals surface area contributed by atoms with Crippen LogP contribution in [0.4, 0.5) is 27.6 Å². The molecule has 3 aromatic rings. The van der Waals surface area contributed by atoms with E-state index in [1.54, 1.807) is 6.20 Å². The number of nitrogens with one attached hydrogen (secondary N) is 1. The van der Waals surface area contributed by atoms with E-state index in [9.17, 15) is 36.6 Å². The molecule has 2 heterocycles. The third-order valence-electron chi connectivity index (χ3n) is 6.37. The van der Waals surface area contributed by atoms with Crippen molar-refractivity contribution in [3.63, 3.8) is 0 Å². The number of aromatic nitrogens is 1. The van der Waals surface area contributed by atoms with Crippen LogP contribution >= 0.6 is 12.6 Å². The van der Waals surface area contributed by atoms with E-state index < -0.39 is 40.0 Å². The zero-order valence-electron chi connectivity index (χ0n) is 22.3. The number of carbonyl (C=O) groups is 2. The number of thiol groups is 1. The molecule has 42 heavy (non-hydrogen) atoms. The number of phenols is 1. The van der Waals surface area contributed by atoms with Crippen molar-refractivity contribution in [2.45, 2.75) is 37.1 Å². The molecule has 14 heteroatoms. The van der Waals surface area contributed by atoms with Gasteiger partial charge in [0.15, 0.2) is 23.3 Å². The quantitative estimate of drug-likeness (QED) is 0.120. The fraction of sp³-hybridized carbons (Fsp3) is 0.321. The summed E-state index contributed by atoms with van der Waals surface area (Å²) in [6.07, 6.45) is 3.67. The Bertz CT molecular complexity index is 1320. The summed E-state index contributed by atoms with van der Waals surface area (Å²) in [6, 6.07) is 8.07. The predicted molar refractivity (Wildman–Crippen MR) is 145 cm³/mol. The third-order valence-corrected chi connectivity index (χ3v) is 6.76. The number of aromatic hydroxyl groups is 1. The number of carboxylic acids is 1. The predicted octanol–water partition coefficient (Wildman–Crippen LogP) is 5.19. The van der Waals surface area contributed by atoms with Crippen LogP contribution in [0.25, 0.3) is 0 Å². The summed E-state index contributed by atoms with van der Waals surface area (Å²) in [5.74, 6) is -11.4. The molecule has 0 bridgehead atoms. The standard InChI is InChI=1S/C22H27N3O5.C6HF5S/c1-2-23-13-21(27)25(17-4-5-18(22(28)29)20(26)11-17)14-15-3-6-19(24-12-15)16-7-9-30-10-8-16;7-1-2(8)4(10)6(12)5(11)3(1)9/h3-6,11-12,16,23,26H,2,7-10,13-14H2,1H3,(H,28,29);12H. The van der Waals surface area contributed by atoms with Gasteiger partial charge in [-0.1, -0.05) is 13.0 Å². The highest BCUT2D eigenvalue weighted by molar-refractivity contribution is 7.80. The number of anilines is 1. The van der Waals surface area contributed by atoms with Crippen molar-refractivity contribution < 1.29 is 46.5 Å². The van der Waals surface area contributed by atoms with Crippen LogP contribution in [0.5, 0.6) is 5.75 Å². The molecule has 0 atom stereocenters. The number of carbonyl (C=O) groups excluding carboxylic acids is 1. The van der Waals surface area contributed by atoms with Gasteiger partial charge in [-0.3, -0.25) is 9.78 Å². The Morgan fingerprint density at radius 3 is 2.17 bits per heavy atom. The molecular formula is C28H28F5N3O5S. The van der Waals surface area contributed by atoms with Crippen molar-refractivity contribution in [2.75, 3.05) is 31.2 Å². The number of rotatable bonds is 8. The molecule has 1 amide bonds. The molecule has 0 unspecified atom stereocenters. The van der Waals surface area contributed by atoms with Gasteiger partial charge in [0.05, 0.1) is 18.0 Å². The van der Waals surface area contributed by atoms with E-state index in [1.807, 2.05) is 19.1 Å². The maximum Gasteiger partial charge on any atom is 0.339 e. The Labute approximate surface area is 243 Å². The van der Waals surface area contributed by atoms with Gasteiger partial charge in [0, 0.05) is 42.8 Å². The van der Waals surface area contributed by atoms with E-state index in [4.69, 9.17) is 9.84 Å². The van der Waals surface area contributed by atoms with Crippen LogP contribution in [0.3, 0.4) is 0 Å². The second kappa shape index (κ2) is 14.9. The number of halogens is 5. The van der Waals surface area contributed by atoms with Gasteiger partial charge in [0.25, 0.3) is 0 Å². The Morgan fingerprint density at radius 2 is 1.64 bits per heavy atom. The zero-order valence-corrected chi connectivity index (χ0v) is 23.2. The highest BCUT2D eigenvalue weighted by Gasteiger charge is 2.24. The van der Waals surface area contributed by atoms with Gasteiger partial charge in [0.2, 0.25) is 11.7 Å². The molecule has 2 aromatic carbocycles. The topological polar surface area (TPSA) is 112 Å². The number of likely N-dealkylation sites (N-methyl/N-ethyl adjacent to an activating group) is 1. The maximum absolute atomic E-state index is 12.8. The molecule has 0 spiro atoms. The van der Waals surface area contributed by atoms with Crippen LogP contribution in [0.2, 0.25) is 0 Å². The molecule has 1 aromatic heterocycles. The lowest BCUT2D eigenvalue weighted by atomic mass is 9.96. The smallest absolute Gasteiger partial charge is 0.339 e. The molecule has 1 saturated heterocycles. The Hall–Kier alpha value is -3.75. The highest BCUT2D eigenvalue weighted by atomic mass is 32.1. The normalized spacial score (nSPS) is 13.3. The molecule has 0 radical (unpaired) electrons. The summed E-state index contributed by atoms with van der Waals surface area (Å²) in [5.41, 5.74) is 2.09. The minimum absolute atomic E-state index is 0.130. The van der Waals surface area contributed by atoms with E-state index in [0.717, 1.165) is 37.3 Å². The largest absolute Gasteiger partial charge is 0.507 e. The molecular weight excluding hydrogens is 585 g/mol. The number of ether oxygens (including phenoxy) is 1. The zero-order chi connectivity index (χ0) is 31.0. The summed E-state index contributed by atoms with van der Waals surface area (Å²) in [6.45, 7) is 4.43. The maximum atomic E-state index is 12.8. The number of aromatic carboxylic acids is 1. The average molecular weight is 614 g/mol. The second-order valence-corrected chi connectivity index (χ2v) is 9.61. The molecule has 1 fully saturated rings. The monoisotopic (exact) mass is 613 g/mol. The van der Waals surface area contributed by atoms with Crippen LogP contribution in [0.15, 0.2) is 41.4 Å². The molecule has 226 valence electrons. The molecule has 1 aliphatic heterocycles. The summed E-state index contributed by atoms with van der Waals surface area (Å²) in [7, 11) is 0. The van der Waals surface area contributed by atoms with Crippen LogP contribution in [-0.4, -0.2) is 53.4 Å². The van der Waals surface area contributed by atoms with E-state index in [-0.39, 0.29) is 30.3 Å². The lowest BCUT2D eigenvalue weighted by Gasteiger charge is -2.24. The van der Waals surface area contributed by atoms with Gasteiger partial charge in [-0.15, -0.1) is 12.6 Å². The third kappa shape index (κ3) is 7.95. The lowest BCUT2D eigenvalue weighted by Crippen LogP contribution is -2.38. The van der Waals surface area contributed by atoms with Crippen LogP contribution in [0.1, 0.15) is 47.3 Å². The first-order valence-corrected chi connectivity index (χ1v) is 13.2. The molecule has 8 nitrogen and oxygen atoms in total. The molecule has 0 aliphatic carbocycles. The fourth-order valence-corrected chi connectivity index (χ4v) is 4.26. The van der Waals surface area contributed by atoms with Crippen molar-refractivity contribution in [3.05, 3.63) is 82.4 Å². The van der Waals surface area contributed by atoms with Crippen LogP contribution in [0, 0.1) is 29.1 Å². The van der Waals surface area contributed by atoms with Crippen molar-refractivity contribution in [1.29, 1.82) is 0 Å². The summed E-state index contributed by atoms with van der Waals surface area (Å²) < 4.78 is 66.7. The van der Waals surface area contributed by atoms with E-state index in [0.29, 0.717) is 18.2 Å². The van der Waals surface area contributed by atoms with Gasteiger partial charge < -0.3 is 25.2 Å². The Kier molecular flexibility index (Phi) is 11.6. The minimum atomic E-state index is -2.18. The highest BCUT2D eigenvalue weighted by Crippen LogP contribution is 2.28. The first-order chi connectivity index (χ1) is 20.0. The Morgan fingerprint density at radius 1 is 1.02 bits per heavy atom. The van der Waals surface area contributed by atoms with Gasteiger partial charge in [-0.05, 0) is 43.1 Å². The fourth-order valence-electron chi connectivity index (χ4n) is 4.06. The summed E-state index contributed by atoms with van der Waals surface area (Å²) >= 11 is 3.10. The van der Waals surface area contributed by atoms with Gasteiger partial charge >= 0.3 is 5.97 Å². The molecule has 0 saturated carbocycles. The van der Waals surface area contributed by atoms with Crippen molar-refractivity contribution in [3.8, 4) is 5.75 Å². The Balaban J connectivity index is 0.000000337. The molecule has 4 rings (SSSR count). The van der Waals surface area contributed by atoms with Crippen LogP contribution in [-0.2, 0) is 16.1 Å². The van der Waals surface area contributed by atoms with Crippen molar-refractivity contribution >= 4 is 30.2 Å². The van der Waals surface area contributed by atoms with Crippen molar-refractivity contribution in [2.24, 2.45) is 0 Å². The van der Waals surface area contributed by atoms with E-state index >= 15 is 0 Å². The molecule has 1 aliphatic rings. The first kappa shape index (κ1) is 32.8. The number of amides is 1. The summed E-state index contributed by atoms with van der Waals surface area (Å²) in [4.78, 5) is 28.9. The second-order valence-electron chi connectivity index (χ2n) is 9.16. The van der Waals surface area contributed by atoms with Gasteiger partial charge in [-0.2, -0.15) is 0 Å². The number of nitrogens with zero attached hydrogens (tertiary/aromatic N) is 2. The lowest BCUT2D eigenvalue weighted by molar-refractivity contribution is -0.117. The van der Waals surface area contributed by atoms with Gasteiger partial charge in [0.1, 0.15) is 11.3 Å². The minimum Gasteiger partial charge on any atom is -0.507 e. The van der Waals surface area contributed by atoms with Crippen molar-refractivity contribution in [1.82, 2.24) is 10.3 Å². The van der Waals surface area contributed by atoms with E-state index in [2.05, 4.69) is 22.9 Å². The number of benzene rings is 2. The summed E-state index contributed by atoms with van der Waals surface area (Å²) in [5, 5.41) is 22.2. The van der Waals surface area contributed by atoms with E-state index in [1.165, 1.54) is 23.1 Å². The number of hydrogen-bond acceptors (Lipinski definition) is 7. The number of carboxylic acid groups (broad SMARTS) is 1. The van der Waals surface area contributed by atoms with Crippen LogP contribution < -0.4 is 10.2 Å². The number of pyridine rings is 1.